The second-order valence-electron chi connectivity index (χ2n) is 7.66. The zero-order valence-electron chi connectivity index (χ0n) is 14.0. The van der Waals surface area contributed by atoms with Crippen LogP contribution in [0.25, 0.3) is 10.9 Å². The third-order valence-corrected chi connectivity index (χ3v) is 6.67. The number of fused-ring (bicyclic) bond motifs is 1. The Bertz CT molecular complexity index is 934. The summed E-state index contributed by atoms with van der Waals surface area (Å²) in [5.74, 6) is 1.35. The van der Waals surface area contributed by atoms with Crippen LogP contribution in [0.5, 0.6) is 0 Å². The van der Waals surface area contributed by atoms with Gasteiger partial charge in [0.2, 0.25) is 5.91 Å². The second-order valence-corrected chi connectivity index (χ2v) is 7.66. The van der Waals surface area contributed by atoms with E-state index in [2.05, 4.69) is 17.1 Å². The lowest BCUT2D eigenvalue weighted by Crippen LogP contribution is -2.58. The number of nitrogens with zero attached hydrogens (tertiary/aromatic N) is 3. The van der Waals surface area contributed by atoms with Gasteiger partial charge in [0, 0.05) is 31.5 Å². The molecular formula is C19H21N3O2. The van der Waals surface area contributed by atoms with Crippen LogP contribution in [0.2, 0.25) is 0 Å². The molecule has 5 heteroatoms. The van der Waals surface area contributed by atoms with E-state index in [-0.39, 0.29) is 11.5 Å². The lowest BCUT2D eigenvalue weighted by atomic mass is 9.85. The average molecular weight is 323 g/mol. The predicted octanol–water partition coefficient (Wildman–Crippen LogP) is 2.14. The van der Waals surface area contributed by atoms with Gasteiger partial charge in [0.05, 0.1) is 17.2 Å². The second kappa shape index (κ2) is 4.47. The molecule has 3 fully saturated rings. The molecule has 4 atom stereocenters. The maximum atomic E-state index is 12.6. The first kappa shape index (κ1) is 14.2. The molecular weight excluding hydrogens is 302 g/mol. The van der Waals surface area contributed by atoms with Crippen LogP contribution in [-0.2, 0) is 11.3 Å². The van der Waals surface area contributed by atoms with E-state index in [9.17, 15) is 9.59 Å². The number of rotatable bonds is 2. The molecule has 1 aromatic carbocycles. The number of carbonyl (C=O) groups excluding carboxylic acids is 1. The van der Waals surface area contributed by atoms with Gasteiger partial charge < -0.3 is 4.90 Å². The van der Waals surface area contributed by atoms with Gasteiger partial charge in [-0.25, -0.2) is 4.98 Å². The molecule has 1 spiro atoms. The number of benzene rings is 1. The molecule has 0 radical (unpaired) electrons. The standard InChI is InChI=1S/C19H21N3O2/c1-3-21-10-20-16-5-4-12(6-14(16)18(21)24)13-7-17-19(8-15(13)19)9-22(17)11(2)23/h4-6,10,13,15,17H,3,7-9H2,1-2H3. The average Bonchev–Trinajstić information content (AvgIpc) is 3.26. The molecule has 4 unspecified atom stereocenters. The number of hydrogen-bond donors (Lipinski definition) is 0. The van der Waals surface area contributed by atoms with Crippen LogP contribution >= 0.6 is 0 Å². The van der Waals surface area contributed by atoms with Gasteiger partial charge in [-0.15, -0.1) is 0 Å². The predicted molar refractivity (Wildman–Crippen MR) is 90.8 cm³/mol. The molecule has 1 amide bonds. The summed E-state index contributed by atoms with van der Waals surface area (Å²) in [5, 5.41) is 0.717. The van der Waals surface area contributed by atoms with Gasteiger partial charge in [-0.1, -0.05) is 6.07 Å². The zero-order valence-corrected chi connectivity index (χ0v) is 14.0. The van der Waals surface area contributed by atoms with Crippen molar-refractivity contribution in [3.8, 4) is 0 Å². The van der Waals surface area contributed by atoms with Gasteiger partial charge in [0.25, 0.3) is 5.56 Å². The molecule has 2 saturated carbocycles. The Morgan fingerprint density at radius 3 is 3.00 bits per heavy atom. The largest absolute Gasteiger partial charge is 0.339 e. The summed E-state index contributed by atoms with van der Waals surface area (Å²) in [6, 6.07) is 6.58. The van der Waals surface area contributed by atoms with Crippen LogP contribution in [-0.4, -0.2) is 32.9 Å². The van der Waals surface area contributed by atoms with Crippen molar-refractivity contribution >= 4 is 16.8 Å². The molecule has 0 N–H and O–H groups in total. The minimum atomic E-state index is 0.0428. The lowest BCUT2D eigenvalue weighted by molar-refractivity contribution is -0.142. The van der Waals surface area contributed by atoms with Crippen LogP contribution in [0.15, 0.2) is 29.3 Å². The Labute approximate surface area is 140 Å². The van der Waals surface area contributed by atoms with E-state index in [1.165, 1.54) is 12.0 Å². The highest BCUT2D eigenvalue weighted by Crippen LogP contribution is 2.74. The van der Waals surface area contributed by atoms with Crippen molar-refractivity contribution in [3.05, 3.63) is 40.4 Å². The molecule has 124 valence electrons. The minimum absolute atomic E-state index is 0.0428. The van der Waals surface area contributed by atoms with Gasteiger partial charge in [-0.05, 0) is 49.3 Å². The number of aromatic nitrogens is 2. The molecule has 0 bridgehead atoms. The molecule has 1 saturated heterocycles. The SMILES string of the molecule is CCn1cnc2ccc(C3CC4N(C(C)=O)CC45CC35)cc2c1=O. The number of hydrogen-bond acceptors (Lipinski definition) is 3. The van der Waals surface area contributed by atoms with Crippen molar-refractivity contribution in [2.24, 2.45) is 11.3 Å². The summed E-state index contributed by atoms with van der Waals surface area (Å²) in [5.41, 5.74) is 2.45. The summed E-state index contributed by atoms with van der Waals surface area (Å²) in [7, 11) is 0. The van der Waals surface area contributed by atoms with Crippen molar-refractivity contribution in [1.82, 2.24) is 14.5 Å². The summed E-state index contributed by atoms with van der Waals surface area (Å²) >= 11 is 0. The van der Waals surface area contributed by atoms with E-state index >= 15 is 0 Å². The Balaban J connectivity index is 1.53. The minimum Gasteiger partial charge on any atom is -0.339 e. The Kier molecular flexibility index (Phi) is 2.64. The van der Waals surface area contributed by atoms with E-state index in [4.69, 9.17) is 0 Å². The van der Waals surface area contributed by atoms with Gasteiger partial charge in [-0.3, -0.25) is 14.2 Å². The van der Waals surface area contributed by atoms with Gasteiger partial charge >= 0.3 is 0 Å². The highest BCUT2D eigenvalue weighted by atomic mass is 16.2. The van der Waals surface area contributed by atoms with E-state index in [1.807, 2.05) is 17.9 Å². The highest BCUT2D eigenvalue weighted by molar-refractivity contribution is 5.79. The summed E-state index contributed by atoms with van der Waals surface area (Å²) < 4.78 is 1.65. The first-order valence-corrected chi connectivity index (χ1v) is 8.81. The Morgan fingerprint density at radius 1 is 1.42 bits per heavy atom. The third kappa shape index (κ3) is 1.62. The van der Waals surface area contributed by atoms with Crippen molar-refractivity contribution in [3.63, 3.8) is 0 Å². The molecule has 5 rings (SSSR count). The molecule has 2 aliphatic carbocycles. The van der Waals surface area contributed by atoms with E-state index in [0.717, 1.165) is 18.5 Å². The fourth-order valence-corrected chi connectivity index (χ4v) is 5.29. The van der Waals surface area contributed by atoms with Crippen molar-refractivity contribution in [2.75, 3.05) is 6.54 Å². The quantitative estimate of drug-likeness (QED) is 0.851. The van der Waals surface area contributed by atoms with Gasteiger partial charge in [0.1, 0.15) is 0 Å². The maximum Gasteiger partial charge on any atom is 0.261 e. The van der Waals surface area contributed by atoms with Crippen molar-refractivity contribution < 1.29 is 4.79 Å². The third-order valence-electron chi connectivity index (χ3n) is 6.67. The number of amides is 1. The fraction of sp³-hybridized carbons (Fsp3) is 0.526. The van der Waals surface area contributed by atoms with Crippen LogP contribution in [0.4, 0.5) is 0 Å². The number of aryl methyl sites for hydroxylation is 1. The molecule has 1 aliphatic heterocycles. The van der Waals surface area contributed by atoms with E-state index < -0.39 is 0 Å². The number of carbonyl (C=O) groups is 1. The van der Waals surface area contributed by atoms with Crippen LogP contribution < -0.4 is 5.56 Å². The van der Waals surface area contributed by atoms with Crippen LogP contribution in [0.3, 0.4) is 0 Å². The van der Waals surface area contributed by atoms with E-state index in [0.29, 0.717) is 35.2 Å². The van der Waals surface area contributed by atoms with E-state index in [1.54, 1.807) is 17.8 Å². The Morgan fingerprint density at radius 2 is 2.25 bits per heavy atom. The van der Waals surface area contributed by atoms with Crippen LogP contribution in [0, 0.1) is 11.3 Å². The van der Waals surface area contributed by atoms with Crippen molar-refractivity contribution in [1.29, 1.82) is 0 Å². The topological polar surface area (TPSA) is 55.2 Å². The van der Waals surface area contributed by atoms with Crippen molar-refractivity contribution in [2.45, 2.75) is 45.2 Å². The lowest BCUT2D eigenvalue weighted by Gasteiger charge is -2.47. The first-order valence-electron chi connectivity index (χ1n) is 8.81. The zero-order chi connectivity index (χ0) is 16.6. The summed E-state index contributed by atoms with van der Waals surface area (Å²) in [6.45, 7) is 5.20. The normalized spacial score (nSPS) is 33.1. The smallest absolute Gasteiger partial charge is 0.261 e. The molecule has 3 aliphatic rings. The molecule has 1 aromatic heterocycles. The number of likely N-dealkylation sites (tertiary alicyclic amines) is 1. The fourth-order valence-electron chi connectivity index (χ4n) is 5.29. The molecule has 2 aromatic rings. The highest BCUT2D eigenvalue weighted by Gasteiger charge is 2.74. The molecule has 2 heterocycles. The monoisotopic (exact) mass is 323 g/mol. The van der Waals surface area contributed by atoms with Gasteiger partial charge in [-0.2, -0.15) is 0 Å². The summed E-state index contributed by atoms with van der Waals surface area (Å²) in [4.78, 5) is 30.7. The first-order chi connectivity index (χ1) is 11.5. The summed E-state index contributed by atoms with van der Waals surface area (Å²) in [6.07, 6.45) is 3.90. The molecule has 5 nitrogen and oxygen atoms in total. The van der Waals surface area contributed by atoms with Gasteiger partial charge in [0.15, 0.2) is 0 Å². The Hall–Kier alpha value is -2.17. The van der Waals surface area contributed by atoms with Crippen LogP contribution in [0.1, 0.15) is 38.2 Å². The molecule has 24 heavy (non-hydrogen) atoms. The maximum absolute atomic E-state index is 12.6.